The minimum atomic E-state index is -0.366. The van der Waals surface area contributed by atoms with Crippen molar-refractivity contribution in [1.82, 2.24) is 5.32 Å². The second-order valence-corrected chi connectivity index (χ2v) is 5.01. The first-order valence-corrected chi connectivity index (χ1v) is 7.68. The summed E-state index contributed by atoms with van der Waals surface area (Å²) >= 11 is 0. The van der Waals surface area contributed by atoms with E-state index < -0.39 is 0 Å². The second kappa shape index (κ2) is 17.4. The van der Waals surface area contributed by atoms with Crippen molar-refractivity contribution in [3.63, 3.8) is 0 Å². The first-order valence-electron chi connectivity index (χ1n) is 7.68. The van der Waals surface area contributed by atoms with Crippen LogP contribution < -0.4 is 11.1 Å². The van der Waals surface area contributed by atoms with Gasteiger partial charge in [0.15, 0.2) is 0 Å². The van der Waals surface area contributed by atoms with E-state index in [-0.39, 0.29) is 12.1 Å². The topological polar surface area (TPSA) is 75.4 Å². The van der Waals surface area contributed by atoms with Crippen LogP contribution in [0.15, 0.2) is 0 Å². The molecule has 4 N–H and O–H groups in total. The van der Waals surface area contributed by atoms with E-state index in [1.807, 2.05) is 0 Å². The van der Waals surface area contributed by atoms with Crippen molar-refractivity contribution in [3.8, 4) is 0 Å². The fourth-order valence-corrected chi connectivity index (χ4v) is 1.61. The van der Waals surface area contributed by atoms with Gasteiger partial charge in [-0.25, -0.2) is 0 Å². The van der Waals surface area contributed by atoms with Crippen LogP contribution in [0.25, 0.3) is 0 Å². The van der Waals surface area contributed by atoms with Crippen LogP contribution in [0.2, 0.25) is 0 Å². The first-order chi connectivity index (χ1) is 9.04. The minimum absolute atomic E-state index is 0.159. The van der Waals surface area contributed by atoms with Gasteiger partial charge in [-0.15, -0.1) is 0 Å². The molecule has 116 valence electrons. The molecule has 4 nitrogen and oxygen atoms in total. The number of amides is 1. The van der Waals surface area contributed by atoms with Crippen LogP contribution in [0.1, 0.15) is 78.1 Å². The van der Waals surface area contributed by atoms with Gasteiger partial charge in [-0.1, -0.05) is 58.3 Å². The molecule has 0 aromatic heterocycles. The van der Waals surface area contributed by atoms with Crippen molar-refractivity contribution < 1.29 is 9.90 Å². The van der Waals surface area contributed by atoms with E-state index in [1.165, 1.54) is 44.9 Å². The van der Waals surface area contributed by atoms with Gasteiger partial charge in [0.05, 0.1) is 0 Å². The molecule has 1 atom stereocenters. The summed E-state index contributed by atoms with van der Waals surface area (Å²) in [6.07, 6.45) is 11.7. The number of primary amides is 1. The Kier molecular flexibility index (Phi) is 18.9. The van der Waals surface area contributed by atoms with Gasteiger partial charge >= 0.3 is 0 Å². The lowest BCUT2D eigenvalue weighted by molar-refractivity contribution is -0.118. The zero-order chi connectivity index (χ0) is 14.9. The van der Waals surface area contributed by atoms with E-state index in [1.54, 1.807) is 14.0 Å². The fraction of sp³-hybridized carbons (Fsp3) is 0.933. The number of aliphatic hydroxyl groups is 1. The summed E-state index contributed by atoms with van der Waals surface area (Å²) in [5.74, 6) is -0.159. The molecule has 0 bridgehead atoms. The molecule has 0 aliphatic heterocycles. The van der Waals surface area contributed by atoms with Crippen molar-refractivity contribution in [3.05, 3.63) is 0 Å². The normalized spacial score (nSPS) is 11.6. The molecule has 19 heavy (non-hydrogen) atoms. The number of nitrogens with two attached hydrogens (primary N) is 1. The number of hydrogen-bond donors (Lipinski definition) is 3. The van der Waals surface area contributed by atoms with Gasteiger partial charge in [0.2, 0.25) is 5.91 Å². The number of unbranched alkanes of at least 4 members (excludes halogenated alkanes) is 8. The Morgan fingerprint density at radius 3 is 1.74 bits per heavy atom. The maximum atomic E-state index is 10.4. The molecular weight excluding hydrogens is 240 g/mol. The maximum Gasteiger partial charge on any atom is 0.217 e. The average molecular weight is 274 g/mol. The highest BCUT2D eigenvalue weighted by Gasteiger charge is 1.94. The Hall–Kier alpha value is -0.610. The van der Waals surface area contributed by atoms with E-state index in [0.29, 0.717) is 6.42 Å². The van der Waals surface area contributed by atoms with Crippen molar-refractivity contribution >= 4 is 5.91 Å². The predicted molar refractivity (Wildman–Crippen MR) is 81.8 cm³/mol. The van der Waals surface area contributed by atoms with Crippen LogP contribution in [0.3, 0.4) is 0 Å². The molecule has 0 fully saturated rings. The molecule has 0 saturated heterocycles. The zero-order valence-corrected chi connectivity index (χ0v) is 13.1. The van der Waals surface area contributed by atoms with E-state index >= 15 is 0 Å². The third-order valence-corrected chi connectivity index (χ3v) is 2.94. The molecule has 0 saturated carbocycles. The van der Waals surface area contributed by atoms with Gasteiger partial charge in [-0.05, 0) is 20.4 Å². The Labute approximate surface area is 119 Å². The fourth-order valence-electron chi connectivity index (χ4n) is 1.61. The Morgan fingerprint density at radius 2 is 1.42 bits per heavy atom. The number of carbonyl (C=O) groups excluding carboxylic acids is 1. The average Bonchev–Trinajstić information content (AvgIpc) is 2.37. The number of rotatable bonds is 11. The van der Waals surface area contributed by atoms with E-state index in [9.17, 15) is 4.79 Å². The molecule has 1 amide bonds. The molecule has 0 heterocycles. The summed E-state index contributed by atoms with van der Waals surface area (Å²) in [6.45, 7) is 3.91. The first kappa shape index (κ1) is 20.7. The molecule has 0 aliphatic carbocycles. The molecule has 1 unspecified atom stereocenters. The molecule has 0 aromatic rings. The Bertz CT molecular complexity index is 185. The monoisotopic (exact) mass is 274 g/mol. The Morgan fingerprint density at radius 1 is 1.05 bits per heavy atom. The molecule has 0 spiro atoms. The zero-order valence-electron chi connectivity index (χ0n) is 13.1. The van der Waals surface area contributed by atoms with Crippen molar-refractivity contribution in [2.24, 2.45) is 5.73 Å². The highest BCUT2D eigenvalue weighted by Crippen LogP contribution is 2.10. The lowest BCUT2D eigenvalue weighted by atomic mass is 10.1. The van der Waals surface area contributed by atoms with Crippen LogP contribution in [-0.4, -0.2) is 24.3 Å². The quantitative estimate of drug-likeness (QED) is 0.400. The third kappa shape index (κ3) is 26.8. The van der Waals surface area contributed by atoms with Gasteiger partial charge in [0.25, 0.3) is 0 Å². The highest BCUT2D eigenvalue weighted by molar-refractivity contribution is 5.73. The van der Waals surface area contributed by atoms with E-state index in [4.69, 9.17) is 10.8 Å². The van der Waals surface area contributed by atoms with Crippen LogP contribution in [0.4, 0.5) is 0 Å². The van der Waals surface area contributed by atoms with Crippen molar-refractivity contribution in [2.45, 2.75) is 84.3 Å². The molecule has 0 radical (unpaired) electrons. The van der Waals surface area contributed by atoms with E-state index in [2.05, 4.69) is 12.2 Å². The summed E-state index contributed by atoms with van der Waals surface area (Å²) in [6, 6.07) is 0. The third-order valence-electron chi connectivity index (χ3n) is 2.94. The number of carbonyl (C=O) groups is 1. The summed E-state index contributed by atoms with van der Waals surface area (Å²) in [4.78, 5) is 10.4. The number of hydrogen-bond acceptors (Lipinski definition) is 3. The van der Waals surface area contributed by atoms with Crippen LogP contribution in [-0.2, 0) is 4.79 Å². The van der Waals surface area contributed by atoms with Gasteiger partial charge in [-0.3, -0.25) is 10.1 Å². The predicted octanol–water partition coefficient (Wildman–Crippen LogP) is 2.94. The lowest BCUT2D eigenvalue weighted by Gasteiger charge is -2.00. The number of nitrogens with one attached hydrogen (secondary N) is 1. The largest absolute Gasteiger partial charge is 0.379 e. The van der Waals surface area contributed by atoms with Gasteiger partial charge in [-0.2, -0.15) is 0 Å². The standard InChI is InChI=1S/C12H25NO.C3H9NO/c1-2-3-4-5-6-7-8-9-10-11-12(13)14;1-3(5)4-2/h2-11H2,1H3,(H2,13,14);3-5H,1-2H3. The van der Waals surface area contributed by atoms with Gasteiger partial charge < -0.3 is 10.8 Å². The van der Waals surface area contributed by atoms with Crippen LogP contribution in [0.5, 0.6) is 0 Å². The molecule has 4 heteroatoms. The van der Waals surface area contributed by atoms with Crippen LogP contribution >= 0.6 is 0 Å². The molecule has 0 aromatic carbocycles. The van der Waals surface area contributed by atoms with Crippen molar-refractivity contribution in [1.29, 1.82) is 0 Å². The summed E-state index contributed by atoms with van der Waals surface area (Å²) in [7, 11) is 1.70. The van der Waals surface area contributed by atoms with Crippen LogP contribution in [0, 0.1) is 0 Å². The highest BCUT2D eigenvalue weighted by atomic mass is 16.3. The molecule has 0 aliphatic rings. The lowest BCUT2D eigenvalue weighted by Crippen LogP contribution is -2.19. The van der Waals surface area contributed by atoms with Crippen molar-refractivity contribution in [2.75, 3.05) is 7.05 Å². The van der Waals surface area contributed by atoms with Gasteiger partial charge in [0, 0.05) is 6.42 Å². The minimum Gasteiger partial charge on any atom is -0.379 e. The summed E-state index contributed by atoms with van der Waals surface area (Å²) < 4.78 is 0. The second-order valence-electron chi connectivity index (χ2n) is 5.01. The summed E-state index contributed by atoms with van der Waals surface area (Å²) in [5.41, 5.74) is 5.05. The van der Waals surface area contributed by atoms with E-state index in [0.717, 1.165) is 12.8 Å². The SMILES string of the molecule is CCCCCCCCCCCC(N)=O.CNC(C)O. The maximum absolute atomic E-state index is 10.4. The molecule has 0 rings (SSSR count). The smallest absolute Gasteiger partial charge is 0.217 e. The molecular formula is C15H34N2O2. The Balaban J connectivity index is 0. The van der Waals surface area contributed by atoms with Gasteiger partial charge in [0.1, 0.15) is 6.23 Å². The summed E-state index contributed by atoms with van der Waals surface area (Å²) in [5, 5.41) is 10.8. The number of aliphatic hydroxyl groups excluding tert-OH is 1.